The molecule has 2 aliphatic rings. The fraction of sp³-hybridized carbons (Fsp3) is 0.611. The summed E-state index contributed by atoms with van der Waals surface area (Å²) in [5.41, 5.74) is 0.906. The number of hydrogen-bond donors (Lipinski definition) is 2. The number of phenolic OH excluding ortho intramolecular Hbond substituents is 1. The summed E-state index contributed by atoms with van der Waals surface area (Å²) < 4.78 is 5.10. The number of carbonyl (C=O) groups excluding carboxylic acids is 1. The van der Waals surface area contributed by atoms with Crippen LogP contribution in [0.2, 0.25) is 0 Å². The van der Waals surface area contributed by atoms with Crippen molar-refractivity contribution in [2.75, 3.05) is 44.8 Å². The van der Waals surface area contributed by atoms with E-state index in [-0.39, 0.29) is 11.8 Å². The molecule has 0 aromatic heterocycles. The lowest BCUT2D eigenvalue weighted by molar-refractivity contribution is 0.124. The number of piperidine rings is 1. The minimum absolute atomic E-state index is 0.0142. The third-order valence-corrected chi connectivity index (χ3v) is 5.94. The Balaban J connectivity index is 1.45. The van der Waals surface area contributed by atoms with Crippen LogP contribution in [0.15, 0.2) is 18.2 Å². The smallest absolute Gasteiger partial charge is 0.317 e. The highest BCUT2D eigenvalue weighted by Gasteiger charge is 2.27. The van der Waals surface area contributed by atoms with Crippen molar-refractivity contribution in [2.45, 2.75) is 25.4 Å². The van der Waals surface area contributed by atoms with Crippen LogP contribution in [0, 0.1) is 0 Å². The number of benzene rings is 1. The molecule has 0 saturated carbocycles. The normalized spacial score (nSPS) is 19.6. The molecular weight excluding hydrogens is 338 g/mol. The van der Waals surface area contributed by atoms with E-state index in [9.17, 15) is 9.90 Å². The predicted molar refractivity (Wildman–Crippen MR) is 100 cm³/mol. The van der Waals surface area contributed by atoms with E-state index in [1.54, 1.807) is 18.2 Å². The van der Waals surface area contributed by atoms with Crippen molar-refractivity contribution in [3.63, 3.8) is 0 Å². The van der Waals surface area contributed by atoms with Crippen molar-refractivity contribution in [1.82, 2.24) is 15.1 Å². The van der Waals surface area contributed by atoms with Gasteiger partial charge in [0.05, 0.1) is 7.11 Å². The first-order chi connectivity index (χ1) is 12.2. The van der Waals surface area contributed by atoms with Gasteiger partial charge in [-0.3, -0.25) is 4.90 Å². The Morgan fingerprint density at radius 2 is 2.00 bits per heavy atom. The lowest BCUT2D eigenvalue weighted by atomic mass is 10.0. The van der Waals surface area contributed by atoms with Crippen LogP contribution in [-0.2, 0) is 6.54 Å². The molecule has 138 valence electrons. The number of methoxy groups -OCH3 is 1. The molecular formula is C18H27N3O3S. The van der Waals surface area contributed by atoms with Gasteiger partial charge in [-0.2, -0.15) is 11.8 Å². The first-order valence-electron chi connectivity index (χ1n) is 8.88. The first kappa shape index (κ1) is 18.2. The van der Waals surface area contributed by atoms with Crippen molar-refractivity contribution < 1.29 is 14.6 Å². The molecule has 0 spiro atoms. The van der Waals surface area contributed by atoms with E-state index in [4.69, 9.17) is 4.74 Å². The molecule has 2 saturated heterocycles. The van der Waals surface area contributed by atoms with E-state index in [0.717, 1.165) is 31.5 Å². The van der Waals surface area contributed by atoms with Crippen molar-refractivity contribution in [3.8, 4) is 11.5 Å². The molecule has 2 aliphatic heterocycles. The Morgan fingerprint density at radius 3 is 2.68 bits per heavy atom. The van der Waals surface area contributed by atoms with Gasteiger partial charge < -0.3 is 20.1 Å². The number of carbonyl (C=O) groups is 1. The maximum atomic E-state index is 12.4. The zero-order valence-corrected chi connectivity index (χ0v) is 15.6. The van der Waals surface area contributed by atoms with Gasteiger partial charge in [0, 0.05) is 50.3 Å². The van der Waals surface area contributed by atoms with Gasteiger partial charge in [-0.25, -0.2) is 4.79 Å². The monoisotopic (exact) mass is 365 g/mol. The van der Waals surface area contributed by atoms with Crippen LogP contribution in [0.5, 0.6) is 11.5 Å². The van der Waals surface area contributed by atoms with Crippen LogP contribution in [0.1, 0.15) is 18.4 Å². The molecule has 0 unspecified atom stereocenters. The highest BCUT2D eigenvalue weighted by molar-refractivity contribution is 7.99. The number of thioether (sulfide) groups is 1. The number of nitrogens with zero attached hydrogens (tertiary/aromatic N) is 2. The maximum Gasteiger partial charge on any atom is 0.317 e. The number of hydrogen-bond acceptors (Lipinski definition) is 5. The average molecular weight is 365 g/mol. The number of amides is 2. The highest BCUT2D eigenvalue weighted by Crippen LogP contribution is 2.26. The van der Waals surface area contributed by atoms with Crippen LogP contribution >= 0.6 is 11.8 Å². The van der Waals surface area contributed by atoms with E-state index in [2.05, 4.69) is 10.2 Å². The second-order valence-corrected chi connectivity index (χ2v) is 7.76. The standard InChI is InChI=1S/C18H27N3O3S/c1-24-17-12-14(2-3-16(17)22)13-19-18(23)21-6-4-15(5-7-21)20-8-10-25-11-9-20/h2-3,12,15,22H,4-11,13H2,1H3,(H,19,23). The number of ether oxygens (including phenoxy) is 1. The number of likely N-dealkylation sites (tertiary alicyclic amines) is 1. The zero-order chi connectivity index (χ0) is 17.6. The summed E-state index contributed by atoms with van der Waals surface area (Å²) in [5.74, 6) is 3.00. The molecule has 6 nitrogen and oxygen atoms in total. The van der Waals surface area contributed by atoms with Crippen LogP contribution in [0.3, 0.4) is 0 Å². The maximum absolute atomic E-state index is 12.4. The Hall–Kier alpha value is -1.60. The molecule has 0 bridgehead atoms. The molecule has 2 heterocycles. The topological polar surface area (TPSA) is 65.0 Å². The molecule has 2 amide bonds. The number of phenols is 1. The number of nitrogens with one attached hydrogen (secondary N) is 1. The molecule has 0 radical (unpaired) electrons. The van der Waals surface area contributed by atoms with Crippen LogP contribution < -0.4 is 10.1 Å². The summed E-state index contributed by atoms with van der Waals surface area (Å²) >= 11 is 2.04. The van der Waals surface area contributed by atoms with Crippen molar-refractivity contribution in [3.05, 3.63) is 23.8 Å². The van der Waals surface area contributed by atoms with Gasteiger partial charge in [0.25, 0.3) is 0 Å². The molecule has 25 heavy (non-hydrogen) atoms. The Kier molecular flexibility index (Phi) is 6.31. The van der Waals surface area contributed by atoms with Gasteiger partial charge in [-0.05, 0) is 30.5 Å². The molecule has 0 aliphatic carbocycles. The third kappa shape index (κ3) is 4.73. The fourth-order valence-electron chi connectivity index (χ4n) is 3.50. The molecule has 7 heteroatoms. The summed E-state index contributed by atoms with van der Waals surface area (Å²) in [5, 5.41) is 12.6. The number of aromatic hydroxyl groups is 1. The minimum Gasteiger partial charge on any atom is -0.504 e. The van der Waals surface area contributed by atoms with Crippen LogP contribution in [-0.4, -0.2) is 71.8 Å². The van der Waals surface area contributed by atoms with Crippen LogP contribution in [0.4, 0.5) is 4.79 Å². The lowest BCUT2D eigenvalue weighted by Crippen LogP contribution is -2.51. The number of rotatable bonds is 4. The quantitative estimate of drug-likeness (QED) is 0.856. The molecule has 1 aromatic rings. The van der Waals surface area contributed by atoms with E-state index in [0.29, 0.717) is 18.3 Å². The van der Waals surface area contributed by atoms with Crippen molar-refractivity contribution in [1.29, 1.82) is 0 Å². The highest BCUT2D eigenvalue weighted by atomic mass is 32.2. The van der Waals surface area contributed by atoms with Crippen LogP contribution in [0.25, 0.3) is 0 Å². The zero-order valence-electron chi connectivity index (χ0n) is 14.7. The van der Waals surface area contributed by atoms with Gasteiger partial charge >= 0.3 is 6.03 Å². The molecule has 1 aromatic carbocycles. The van der Waals surface area contributed by atoms with E-state index < -0.39 is 0 Å². The number of urea groups is 1. The lowest BCUT2D eigenvalue weighted by Gasteiger charge is -2.40. The molecule has 3 rings (SSSR count). The second kappa shape index (κ2) is 8.67. The summed E-state index contributed by atoms with van der Waals surface area (Å²) in [4.78, 5) is 16.9. The predicted octanol–water partition coefficient (Wildman–Crippen LogP) is 2.12. The van der Waals surface area contributed by atoms with E-state index in [1.165, 1.54) is 31.7 Å². The first-order valence-corrected chi connectivity index (χ1v) is 10.0. The van der Waals surface area contributed by atoms with E-state index in [1.807, 2.05) is 16.7 Å². The largest absolute Gasteiger partial charge is 0.504 e. The molecule has 0 atom stereocenters. The van der Waals surface area contributed by atoms with Crippen molar-refractivity contribution >= 4 is 17.8 Å². The van der Waals surface area contributed by atoms with Crippen molar-refractivity contribution in [2.24, 2.45) is 0 Å². The summed E-state index contributed by atoms with van der Waals surface area (Å²) in [6.07, 6.45) is 2.12. The summed E-state index contributed by atoms with van der Waals surface area (Å²) in [6.45, 7) is 4.44. The molecule has 2 fully saturated rings. The average Bonchev–Trinajstić information content (AvgIpc) is 2.68. The Morgan fingerprint density at radius 1 is 1.28 bits per heavy atom. The van der Waals surface area contributed by atoms with Gasteiger partial charge in [0.2, 0.25) is 0 Å². The Labute approximate surface area is 153 Å². The minimum atomic E-state index is -0.0142. The summed E-state index contributed by atoms with van der Waals surface area (Å²) in [7, 11) is 1.52. The van der Waals surface area contributed by atoms with E-state index >= 15 is 0 Å². The molecule has 2 N–H and O–H groups in total. The second-order valence-electron chi connectivity index (χ2n) is 6.53. The SMILES string of the molecule is COc1cc(CNC(=O)N2CCC(N3CCSCC3)CC2)ccc1O. The van der Waals surface area contributed by atoms with Gasteiger partial charge in [-0.15, -0.1) is 0 Å². The fourth-order valence-corrected chi connectivity index (χ4v) is 4.43. The van der Waals surface area contributed by atoms with Gasteiger partial charge in [0.1, 0.15) is 0 Å². The van der Waals surface area contributed by atoms with Gasteiger partial charge in [-0.1, -0.05) is 6.07 Å². The summed E-state index contributed by atoms with van der Waals surface area (Å²) in [6, 6.07) is 5.74. The third-order valence-electron chi connectivity index (χ3n) is 5.00. The Bertz CT molecular complexity index is 585. The van der Waals surface area contributed by atoms with Gasteiger partial charge in [0.15, 0.2) is 11.5 Å².